The molecule has 0 spiro atoms. The van der Waals surface area contributed by atoms with Crippen LogP contribution in [-0.2, 0) is 24.3 Å². The molecule has 1 aliphatic heterocycles. The summed E-state index contributed by atoms with van der Waals surface area (Å²) in [7, 11) is 1.63. The number of amides is 1. The van der Waals surface area contributed by atoms with Crippen molar-refractivity contribution in [2.45, 2.75) is 25.6 Å². The summed E-state index contributed by atoms with van der Waals surface area (Å²) in [6.45, 7) is 1.09. The van der Waals surface area contributed by atoms with Crippen molar-refractivity contribution >= 4 is 5.91 Å². The average molecular weight is 286 g/mol. The summed E-state index contributed by atoms with van der Waals surface area (Å²) in [5, 5.41) is 6.16. The molecule has 6 nitrogen and oxygen atoms in total. The zero-order valence-electron chi connectivity index (χ0n) is 11.8. The average Bonchev–Trinajstić information content (AvgIpc) is 3.00. The number of imidazole rings is 1. The molecule has 0 bridgehead atoms. The molecule has 2 heterocycles. The molecule has 0 saturated carbocycles. The third kappa shape index (κ3) is 2.90. The molecule has 1 aliphatic rings. The number of hydrogen-bond donors (Lipinski definition) is 3. The van der Waals surface area contributed by atoms with Crippen LogP contribution < -0.4 is 15.4 Å². The van der Waals surface area contributed by atoms with Gasteiger partial charge in [-0.25, -0.2) is 4.98 Å². The van der Waals surface area contributed by atoms with Gasteiger partial charge in [0.2, 0.25) is 5.91 Å². The van der Waals surface area contributed by atoms with Crippen molar-refractivity contribution in [2.24, 2.45) is 0 Å². The minimum atomic E-state index is -0.240. The van der Waals surface area contributed by atoms with Crippen molar-refractivity contribution < 1.29 is 9.53 Å². The predicted molar refractivity (Wildman–Crippen MR) is 77.8 cm³/mol. The zero-order chi connectivity index (χ0) is 14.7. The van der Waals surface area contributed by atoms with E-state index in [1.165, 1.54) is 0 Å². The Morgan fingerprint density at radius 1 is 1.48 bits per heavy atom. The number of aromatic nitrogens is 2. The maximum atomic E-state index is 12.3. The molecular formula is C15H18N4O2. The molecule has 21 heavy (non-hydrogen) atoms. The van der Waals surface area contributed by atoms with Gasteiger partial charge >= 0.3 is 0 Å². The lowest BCUT2D eigenvalue weighted by atomic mass is 10.0. The Bertz CT molecular complexity index is 638. The highest BCUT2D eigenvalue weighted by Gasteiger charge is 2.25. The maximum Gasteiger partial charge on any atom is 0.237 e. The van der Waals surface area contributed by atoms with Crippen molar-refractivity contribution in [1.82, 2.24) is 20.6 Å². The number of nitrogens with one attached hydrogen (secondary N) is 3. The van der Waals surface area contributed by atoms with Gasteiger partial charge in [-0.15, -0.1) is 0 Å². The van der Waals surface area contributed by atoms with Crippen LogP contribution in [0.15, 0.2) is 30.6 Å². The Labute approximate surface area is 122 Å². The fourth-order valence-corrected chi connectivity index (χ4v) is 2.51. The fraction of sp³-hybridized carbons (Fsp3) is 0.333. The number of ether oxygens (including phenoxy) is 1. The van der Waals surface area contributed by atoms with Gasteiger partial charge in [0.15, 0.2) is 0 Å². The van der Waals surface area contributed by atoms with Crippen molar-refractivity contribution in [3.8, 4) is 5.75 Å². The van der Waals surface area contributed by atoms with Gasteiger partial charge < -0.3 is 15.0 Å². The molecule has 2 aromatic rings. The second-order valence-corrected chi connectivity index (χ2v) is 5.00. The standard InChI is InChI=1S/C15H18N4O2/c1-21-14-5-3-2-4-10(14)7-17-15(20)12-6-11-13(8-16-12)19-9-18-11/h2-5,9,12,16H,6-8H2,1H3,(H,17,20)(H,18,19). The Morgan fingerprint density at radius 2 is 2.33 bits per heavy atom. The van der Waals surface area contributed by atoms with Gasteiger partial charge in [-0.3, -0.25) is 10.1 Å². The minimum absolute atomic E-state index is 0.0189. The van der Waals surface area contributed by atoms with Crippen LogP contribution in [0.2, 0.25) is 0 Å². The lowest BCUT2D eigenvalue weighted by Gasteiger charge is -2.22. The highest BCUT2D eigenvalue weighted by atomic mass is 16.5. The van der Waals surface area contributed by atoms with Crippen LogP contribution in [-0.4, -0.2) is 29.0 Å². The van der Waals surface area contributed by atoms with E-state index in [0.717, 1.165) is 22.7 Å². The van der Waals surface area contributed by atoms with Crippen molar-refractivity contribution in [3.63, 3.8) is 0 Å². The molecule has 3 N–H and O–H groups in total. The van der Waals surface area contributed by atoms with E-state index >= 15 is 0 Å². The van der Waals surface area contributed by atoms with Gasteiger partial charge in [-0.2, -0.15) is 0 Å². The van der Waals surface area contributed by atoms with Crippen LogP contribution in [0.3, 0.4) is 0 Å². The molecule has 110 valence electrons. The van der Waals surface area contributed by atoms with Gasteiger partial charge in [0.05, 0.1) is 30.9 Å². The summed E-state index contributed by atoms with van der Waals surface area (Å²) < 4.78 is 5.28. The van der Waals surface area contributed by atoms with E-state index in [2.05, 4.69) is 20.6 Å². The van der Waals surface area contributed by atoms with E-state index in [1.807, 2.05) is 24.3 Å². The molecular weight excluding hydrogens is 268 g/mol. The van der Waals surface area contributed by atoms with Gasteiger partial charge in [0.25, 0.3) is 0 Å². The van der Waals surface area contributed by atoms with Crippen LogP contribution in [0.1, 0.15) is 17.0 Å². The van der Waals surface area contributed by atoms with E-state index in [9.17, 15) is 4.79 Å². The SMILES string of the molecule is COc1ccccc1CNC(=O)C1Cc2nc[nH]c2CN1. The molecule has 3 rings (SSSR count). The number of rotatable bonds is 4. The Hall–Kier alpha value is -2.34. The summed E-state index contributed by atoms with van der Waals surface area (Å²) >= 11 is 0. The Balaban J connectivity index is 1.60. The summed E-state index contributed by atoms with van der Waals surface area (Å²) in [4.78, 5) is 19.6. The third-order valence-corrected chi connectivity index (χ3v) is 3.69. The number of carbonyl (C=O) groups is 1. The van der Waals surface area contributed by atoms with Crippen LogP contribution in [0.5, 0.6) is 5.75 Å². The molecule has 1 atom stereocenters. The van der Waals surface area contributed by atoms with Gasteiger partial charge in [0.1, 0.15) is 5.75 Å². The molecule has 0 saturated heterocycles. The summed E-state index contributed by atoms with van der Waals surface area (Å²) in [6.07, 6.45) is 2.28. The molecule has 1 unspecified atom stereocenters. The van der Waals surface area contributed by atoms with Crippen molar-refractivity contribution in [2.75, 3.05) is 7.11 Å². The summed E-state index contributed by atoms with van der Waals surface area (Å²) in [5.41, 5.74) is 2.99. The monoisotopic (exact) mass is 286 g/mol. The van der Waals surface area contributed by atoms with E-state index in [-0.39, 0.29) is 11.9 Å². The van der Waals surface area contributed by atoms with E-state index < -0.39 is 0 Å². The second kappa shape index (κ2) is 5.97. The number of benzene rings is 1. The first kappa shape index (κ1) is 13.6. The molecule has 0 radical (unpaired) electrons. The normalized spacial score (nSPS) is 17.1. The number of nitrogens with zero attached hydrogens (tertiary/aromatic N) is 1. The Morgan fingerprint density at radius 3 is 3.19 bits per heavy atom. The molecule has 1 aromatic carbocycles. The second-order valence-electron chi connectivity index (χ2n) is 5.00. The number of H-pyrrole nitrogens is 1. The smallest absolute Gasteiger partial charge is 0.237 e. The lowest BCUT2D eigenvalue weighted by molar-refractivity contribution is -0.123. The number of methoxy groups -OCH3 is 1. The molecule has 6 heteroatoms. The topological polar surface area (TPSA) is 79.0 Å². The Kier molecular flexibility index (Phi) is 3.87. The van der Waals surface area contributed by atoms with Gasteiger partial charge in [-0.05, 0) is 6.07 Å². The van der Waals surface area contributed by atoms with E-state index in [4.69, 9.17) is 4.74 Å². The van der Waals surface area contributed by atoms with Crippen LogP contribution in [0.4, 0.5) is 0 Å². The maximum absolute atomic E-state index is 12.3. The quantitative estimate of drug-likeness (QED) is 0.775. The summed E-state index contributed by atoms with van der Waals surface area (Å²) in [5.74, 6) is 0.763. The van der Waals surface area contributed by atoms with Crippen LogP contribution >= 0.6 is 0 Å². The number of hydrogen-bond acceptors (Lipinski definition) is 4. The molecule has 1 amide bonds. The first-order chi connectivity index (χ1) is 10.3. The first-order valence-electron chi connectivity index (χ1n) is 6.92. The summed E-state index contributed by atoms with van der Waals surface area (Å²) in [6, 6.07) is 7.43. The lowest BCUT2D eigenvalue weighted by Crippen LogP contribution is -2.47. The fourth-order valence-electron chi connectivity index (χ4n) is 2.51. The highest BCUT2D eigenvalue weighted by Crippen LogP contribution is 2.17. The van der Waals surface area contributed by atoms with E-state index in [1.54, 1.807) is 13.4 Å². The minimum Gasteiger partial charge on any atom is -0.496 e. The number of fused-ring (bicyclic) bond motifs is 1. The predicted octanol–water partition coefficient (Wildman–Crippen LogP) is 0.749. The zero-order valence-corrected chi connectivity index (χ0v) is 11.8. The largest absolute Gasteiger partial charge is 0.496 e. The van der Waals surface area contributed by atoms with Crippen LogP contribution in [0.25, 0.3) is 0 Å². The van der Waals surface area contributed by atoms with E-state index in [0.29, 0.717) is 19.5 Å². The number of aromatic amines is 1. The van der Waals surface area contributed by atoms with Gasteiger partial charge in [0, 0.05) is 25.1 Å². The molecule has 0 fully saturated rings. The first-order valence-corrected chi connectivity index (χ1v) is 6.92. The van der Waals surface area contributed by atoms with Gasteiger partial charge in [-0.1, -0.05) is 18.2 Å². The molecule has 1 aromatic heterocycles. The third-order valence-electron chi connectivity index (χ3n) is 3.69. The van der Waals surface area contributed by atoms with Crippen molar-refractivity contribution in [3.05, 3.63) is 47.5 Å². The van der Waals surface area contributed by atoms with Crippen molar-refractivity contribution in [1.29, 1.82) is 0 Å². The highest BCUT2D eigenvalue weighted by molar-refractivity contribution is 5.82. The number of para-hydroxylation sites is 1. The number of carbonyl (C=O) groups excluding carboxylic acids is 1. The van der Waals surface area contributed by atoms with Crippen LogP contribution in [0, 0.1) is 0 Å². The molecule has 0 aliphatic carbocycles.